The van der Waals surface area contributed by atoms with Crippen molar-refractivity contribution in [1.29, 1.82) is 0 Å². The number of allylic oxidation sites excluding steroid dienone is 3. The largest absolute Gasteiger partial charge is 0.478 e. The van der Waals surface area contributed by atoms with Crippen molar-refractivity contribution < 1.29 is 14.7 Å². The van der Waals surface area contributed by atoms with Crippen LogP contribution in [0.3, 0.4) is 0 Å². The molecule has 250 valence electrons. The van der Waals surface area contributed by atoms with E-state index < -0.39 is 5.97 Å². The van der Waals surface area contributed by atoms with Gasteiger partial charge >= 0.3 is 5.97 Å². The molecule has 7 rings (SSSR count). The van der Waals surface area contributed by atoms with E-state index in [9.17, 15) is 14.7 Å². The molecule has 47 heavy (non-hydrogen) atoms. The molecule has 2 N–H and O–H groups in total. The fourth-order valence-corrected chi connectivity index (χ4v) is 13.1. The Morgan fingerprint density at radius 2 is 1.62 bits per heavy atom. The molecule has 5 nitrogen and oxygen atoms in total. The molecule has 4 saturated carbocycles. The van der Waals surface area contributed by atoms with Crippen molar-refractivity contribution in [2.75, 3.05) is 5.32 Å². The smallest absolute Gasteiger partial charge is 0.335 e. The van der Waals surface area contributed by atoms with E-state index in [1.807, 2.05) is 30.3 Å². The molecule has 1 heterocycles. The molecule has 1 aromatic heterocycles. The predicted octanol–water partition coefficient (Wildman–Crippen LogP) is 10.1. The Labute approximate surface area is 281 Å². The number of hydrogen-bond acceptors (Lipinski definition) is 3. The SMILES string of the molecule is C=C(C)[C@@H]1CC[C@]2(C(=O)Nc3ccccn3)CC[C@]3(C)[C@H](CC[C@@H]4[C@@]5(C)CC=C(c6ccc(C(=O)O)cc6)C(C)(C)[C@@H]5CC[C@]43C)[C@@H]12. The zero-order valence-corrected chi connectivity index (χ0v) is 29.4. The molecule has 0 radical (unpaired) electrons. The number of hydrogen-bond donors (Lipinski definition) is 2. The van der Waals surface area contributed by atoms with Crippen LogP contribution in [-0.4, -0.2) is 22.0 Å². The molecule has 1 amide bonds. The third-order valence-electron chi connectivity index (χ3n) is 15.4. The van der Waals surface area contributed by atoms with E-state index >= 15 is 0 Å². The van der Waals surface area contributed by atoms with Crippen LogP contribution in [0.25, 0.3) is 5.57 Å². The van der Waals surface area contributed by atoms with E-state index in [4.69, 9.17) is 0 Å². The van der Waals surface area contributed by atoms with E-state index in [2.05, 4.69) is 64.5 Å². The van der Waals surface area contributed by atoms with Gasteiger partial charge in [0.15, 0.2) is 0 Å². The zero-order chi connectivity index (χ0) is 33.6. The topological polar surface area (TPSA) is 79.3 Å². The van der Waals surface area contributed by atoms with Gasteiger partial charge < -0.3 is 10.4 Å². The Morgan fingerprint density at radius 3 is 2.28 bits per heavy atom. The summed E-state index contributed by atoms with van der Waals surface area (Å²) in [6, 6.07) is 13.3. The number of carbonyl (C=O) groups is 2. The highest BCUT2D eigenvalue weighted by Crippen LogP contribution is 2.77. The van der Waals surface area contributed by atoms with Crippen LogP contribution in [0.2, 0.25) is 0 Å². The average molecular weight is 635 g/mol. The predicted molar refractivity (Wildman–Crippen MR) is 189 cm³/mol. The summed E-state index contributed by atoms with van der Waals surface area (Å²) in [6.07, 6.45) is 14.2. The van der Waals surface area contributed by atoms with Crippen LogP contribution in [0.1, 0.15) is 115 Å². The summed E-state index contributed by atoms with van der Waals surface area (Å²) in [6.45, 7) is 19.5. The van der Waals surface area contributed by atoms with Gasteiger partial charge in [-0.05, 0) is 151 Å². The first kappa shape index (κ1) is 32.3. The Kier molecular flexibility index (Phi) is 7.50. The summed E-state index contributed by atoms with van der Waals surface area (Å²) < 4.78 is 0. The summed E-state index contributed by atoms with van der Waals surface area (Å²) in [5.41, 5.74) is 4.27. The molecule has 9 atom stereocenters. The van der Waals surface area contributed by atoms with E-state index in [0.717, 1.165) is 37.7 Å². The second-order valence-corrected chi connectivity index (χ2v) is 17.4. The van der Waals surface area contributed by atoms with Crippen LogP contribution in [0.4, 0.5) is 5.82 Å². The lowest BCUT2D eigenvalue weighted by Gasteiger charge is -2.72. The number of anilines is 1. The molecular formula is C42H54N2O3. The molecule has 1 aromatic carbocycles. The maximum absolute atomic E-state index is 14.4. The lowest BCUT2D eigenvalue weighted by molar-refractivity contribution is -0.224. The second kappa shape index (κ2) is 10.9. The molecule has 0 saturated heterocycles. The van der Waals surface area contributed by atoms with E-state index in [0.29, 0.717) is 41.0 Å². The van der Waals surface area contributed by atoms with Gasteiger partial charge in [-0.25, -0.2) is 9.78 Å². The molecule has 4 fully saturated rings. The lowest BCUT2D eigenvalue weighted by Crippen LogP contribution is -2.66. The summed E-state index contributed by atoms with van der Waals surface area (Å²) >= 11 is 0. The Balaban J connectivity index is 1.23. The van der Waals surface area contributed by atoms with Gasteiger partial charge in [0.2, 0.25) is 5.91 Å². The van der Waals surface area contributed by atoms with Crippen LogP contribution in [0, 0.1) is 56.7 Å². The van der Waals surface area contributed by atoms with Gasteiger partial charge in [0, 0.05) is 6.20 Å². The highest BCUT2D eigenvalue weighted by atomic mass is 16.4. The van der Waals surface area contributed by atoms with Gasteiger partial charge in [0.1, 0.15) is 5.82 Å². The van der Waals surface area contributed by atoms with Crippen molar-refractivity contribution in [1.82, 2.24) is 4.98 Å². The molecule has 0 aliphatic heterocycles. The van der Waals surface area contributed by atoms with Gasteiger partial charge in [-0.15, -0.1) is 0 Å². The number of nitrogens with zero attached hydrogens (tertiary/aromatic N) is 1. The first-order valence-electron chi connectivity index (χ1n) is 18.1. The van der Waals surface area contributed by atoms with Crippen molar-refractivity contribution >= 4 is 23.3 Å². The third-order valence-corrected chi connectivity index (χ3v) is 15.4. The number of fused-ring (bicyclic) bond motifs is 7. The second-order valence-electron chi connectivity index (χ2n) is 17.4. The molecule has 0 spiro atoms. The number of aromatic carboxylic acids is 1. The minimum Gasteiger partial charge on any atom is -0.478 e. The van der Waals surface area contributed by atoms with Crippen molar-refractivity contribution in [2.24, 2.45) is 56.7 Å². The number of carboxylic acid groups (broad SMARTS) is 1. The lowest BCUT2D eigenvalue weighted by atomic mass is 9.32. The standard InChI is InChI=1S/C42H54N2O3/c1-26(2)29-17-22-42(37(47)44-34-10-8-9-25-43-34)24-23-40(6)31(35(29)42)15-16-33-39(5)20-18-30(27-11-13-28(14-12-27)36(45)46)38(3,4)32(39)19-21-41(33,40)7/h8-14,18,25,29,31-33,35H,1,15-17,19-24H2,2-7H3,(H,45,46)(H,43,44,47)/t29-,31+,32-,33+,35+,39-,40+,41+,42-/m0/s1. The monoisotopic (exact) mass is 634 g/mol. The Morgan fingerprint density at radius 1 is 0.872 bits per heavy atom. The van der Waals surface area contributed by atoms with Crippen molar-refractivity contribution in [3.8, 4) is 0 Å². The molecule has 5 heteroatoms. The van der Waals surface area contributed by atoms with Crippen molar-refractivity contribution in [3.63, 3.8) is 0 Å². The van der Waals surface area contributed by atoms with Crippen molar-refractivity contribution in [3.05, 3.63) is 78.0 Å². The van der Waals surface area contributed by atoms with Crippen LogP contribution in [0.15, 0.2) is 66.9 Å². The highest BCUT2D eigenvalue weighted by Gasteiger charge is 2.71. The van der Waals surface area contributed by atoms with Gasteiger partial charge in [0.25, 0.3) is 0 Å². The summed E-state index contributed by atoms with van der Waals surface area (Å²) in [5.74, 6) is 2.31. The van der Waals surface area contributed by atoms with E-state index in [-0.39, 0.29) is 33.0 Å². The van der Waals surface area contributed by atoms with Gasteiger partial charge in [-0.3, -0.25) is 4.79 Å². The summed E-state index contributed by atoms with van der Waals surface area (Å²) in [7, 11) is 0. The van der Waals surface area contributed by atoms with Crippen LogP contribution in [-0.2, 0) is 4.79 Å². The molecule has 5 aliphatic rings. The molecular weight excluding hydrogens is 580 g/mol. The Hall–Kier alpha value is -3.21. The average Bonchev–Trinajstić information content (AvgIpc) is 3.43. The zero-order valence-electron chi connectivity index (χ0n) is 29.4. The Bertz CT molecular complexity index is 1630. The first-order valence-corrected chi connectivity index (χ1v) is 18.1. The number of rotatable bonds is 5. The molecule has 0 unspecified atom stereocenters. The first-order chi connectivity index (χ1) is 22.2. The molecule has 5 aliphatic carbocycles. The normalized spacial score (nSPS) is 40.1. The van der Waals surface area contributed by atoms with Gasteiger partial charge in [-0.2, -0.15) is 0 Å². The van der Waals surface area contributed by atoms with Crippen molar-refractivity contribution in [2.45, 2.75) is 99.3 Å². The number of carbonyl (C=O) groups excluding carboxylic acids is 1. The fourth-order valence-electron chi connectivity index (χ4n) is 13.1. The highest BCUT2D eigenvalue weighted by molar-refractivity contribution is 5.95. The van der Waals surface area contributed by atoms with E-state index in [1.54, 1.807) is 18.3 Å². The minimum atomic E-state index is -0.877. The van der Waals surface area contributed by atoms with E-state index in [1.165, 1.54) is 36.8 Å². The number of pyridine rings is 1. The molecule has 0 bridgehead atoms. The maximum atomic E-state index is 14.4. The van der Waals surface area contributed by atoms with Crippen LogP contribution >= 0.6 is 0 Å². The van der Waals surface area contributed by atoms with Gasteiger partial charge in [-0.1, -0.05) is 71.0 Å². The maximum Gasteiger partial charge on any atom is 0.335 e. The van der Waals surface area contributed by atoms with Crippen LogP contribution < -0.4 is 5.32 Å². The third kappa shape index (κ3) is 4.50. The quantitative estimate of drug-likeness (QED) is 0.321. The fraction of sp³-hybridized carbons (Fsp3) is 0.595. The number of carboxylic acids is 1. The minimum absolute atomic E-state index is 0.0153. The summed E-state index contributed by atoms with van der Waals surface area (Å²) in [5, 5.41) is 12.7. The number of nitrogens with one attached hydrogen (secondary N) is 1. The number of amides is 1. The number of aromatic nitrogens is 1. The van der Waals surface area contributed by atoms with Crippen LogP contribution in [0.5, 0.6) is 0 Å². The van der Waals surface area contributed by atoms with Gasteiger partial charge in [0.05, 0.1) is 11.0 Å². The summed E-state index contributed by atoms with van der Waals surface area (Å²) in [4.78, 5) is 30.4. The molecule has 2 aromatic rings. The number of benzene rings is 1.